The van der Waals surface area contributed by atoms with Crippen molar-refractivity contribution in [3.05, 3.63) is 77.0 Å². The predicted octanol–water partition coefficient (Wildman–Crippen LogP) is 1.36. The SMILES string of the molecule is Cc1ccc(C[NH+]2CCN(C(=O)C3=CCC(=O)N(c4ccccc4)N3)CC2)c(C)c1. The maximum absolute atomic E-state index is 13.0. The first-order valence-corrected chi connectivity index (χ1v) is 10.5. The Bertz CT molecular complexity index is 962. The molecule has 0 unspecified atom stereocenters. The average Bonchev–Trinajstić information content (AvgIpc) is 2.77. The van der Waals surface area contributed by atoms with E-state index in [2.05, 4.69) is 37.5 Å². The van der Waals surface area contributed by atoms with Crippen LogP contribution in [0.1, 0.15) is 23.1 Å². The Morgan fingerprint density at radius 2 is 1.80 bits per heavy atom. The molecule has 1 fully saturated rings. The van der Waals surface area contributed by atoms with E-state index in [1.165, 1.54) is 26.6 Å². The summed E-state index contributed by atoms with van der Waals surface area (Å²) in [5.41, 5.74) is 8.25. The van der Waals surface area contributed by atoms with E-state index in [1.807, 2.05) is 35.2 Å². The number of hydrogen-bond acceptors (Lipinski definition) is 3. The monoisotopic (exact) mass is 405 g/mol. The van der Waals surface area contributed by atoms with Crippen molar-refractivity contribution in [2.24, 2.45) is 0 Å². The topological polar surface area (TPSA) is 57.1 Å². The molecule has 30 heavy (non-hydrogen) atoms. The van der Waals surface area contributed by atoms with Gasteiger partial charge in [0.2, 0.25) is 5.91 Å². The van der Waals surface area contributed by atoms with Gasteiger partial charge >= 0.3 is 0 Å². The molecule has 0 aliphatic carbocycles. The lowest BCUT2D eigenvalue weighted by Crippen LogP contribution is -3.13. The van der Waals surface area contributed by atoms with Gasteiger partial charge in [0.1, 0.15) is 12.2 Å². The molecule has 2 heterocycles. The van der Waals surface area contributed by atoms with Crippen molar-refractivity contribution in [2.45, 2.75) is 26.8 Å². The normalized spacial score (nSPS) is 17.5. The zero-order valence-corrected chi connectivity index (χ0v) is 17.6. The average molecular weight is 406 g/mol. The van der Waals surface area contributed by atoms with Gasteiger partial charge in [-0.3, -0.25) is 15.0 Å². The van der Waals surface area contributed by atoms with Crippen LogP contribution < -0.4 is 15.3 Å². The molecule has 2 aromatic rings. The standard InChI is InChI=1S/C24H28N4O2/c1-18-8-9-20(19(2)16-18)17-26-12-14-27(15-13-26)24(30)22-10-11-23(29)28(25-22)21-6-4-3-5-7-21/h3-10,16,25H,11-15,17H2,1-2H3/p+1. The number of benzene rings is 2. The highest BCUT2D eigenvalue weighted by Gasteiger charge is 2.30. The van der Waals surface area contributed by atoms with Crippen LogP contribution in [0, 0.1) is 13.8 Å². The van der Waals surface area contributed by atoms with Crippen molar-refractivity contribution in [1.29, 1.82) is 0 Å². The van der Waals surface area contributed by atoms with Crippen LogP contribution in [-0.4, -0.2) is 42.9 Å². The molecule has 4 rings (SSSR count). The first-order chi connectivity index (χ1) is 14.5. The second-order valence-electron chi connectivity index (χ2n) is 8.15. The highest BCUT2D eigenvalue weighted by molar-refractivity contribution is 6.01. The predicted molar refractivity (Wildman–Crippen MR) is 117 cm³/mol. The number of hydrogen-bond donors (Lipinski definition) is 2. The van der Waals surface area contributed by atoms with Crippen LogP contribution in [0.25, 0.3) is 0 Å². The Labute approximate surface area is 177 Å². The molecule has 0 radical (unpaired) electrons. The second-order valence-corrected chi connectivity index (χ2v) is 8.15. The Balaban J connectivity index is 1.35. The fraction of sp³-hybridized carbons (Fsp3) is 0.333. The quantitative estimate of drug-likeness (QED) is 0.808. The Kier molecular flexibility index (Phi) is 5.86. The number of carbonyl (C=O) groups is 2. The van der Waals surface area contributed by atoms with Gasteiger partial charge in [0.25, 0.3) is 5.91 Å². The van der Waals surface area contributed by atoms with E-state index in [9.17, 15) is 9.59 Å². The second kappa shape index (κ2) is 8.71. The lowest BCUT2D eigenvalue weighted by molar-refractivity contribution is -0.917. The zero-order valence-electron chi connectivity index (χ0n) is 17.6. The summed E-state index contributed by atoms with van der Waals surface area (Å²) in [6.07, 6.45) is 1.93. The molecule has 1 saturated heterocycles. The number of nitrogens with zero attached hydrogens (tertiary/aromatic N) is 2. The molecule has 0 spiro atoms. The van der Waals surface area contributed by atoms with Gasteiger partial charge in [0.05, 0.1) is 31.9 Å². The third-order valence-electron chi connectivity index (χ3n) is 5.90. The van der Waals surface area contributed by atoms with Gasteiger partial charge in [-0.1, -0.05) is 42.0 Å². The molecule has 2 aromatic carbocycles. The largest absolute Gasteiger partial charge is 0.328 e. The molecule has 0 bridgehead atoms. The van der Waals surface area contributed by atoms with Crippen LogP contribution in [0.2, 0.25) is 0 Å². The van der Waals surface area contributed by atoms with Crippen LogP contribution in [0.5, 0.6) is 0 Å². The molecule has 2 N–H and O–H groups in total. The van der Waals surface area contributed by atoms with E-state index in [0.717, 1.165) is 38.4 Å². The zero-order chi connectivity index (χ0) is 21.1. The van der Waals surface area contributed by atoms with Crippen molar-refractivity contribution >= 4 is 17.5 Å². The van der Waals surface area contributed by atoms with Crippen LogP contribution in [0.15, 0.2) is 60.3 Å². The van der Waals surface area contributed by atoms with E-state index in [4.69, 9.17) is 0 Å². The van der Waals surface area contributed by atoms with Crippen molar-refractivity contribution in [1.82, 2.24) is 10.3 Å². The smallest absolute Gasteiger partial charge is 0.271 e. The molecular formula is C24H29N4O2+. The highest BCUT2D eigenvalue weighted by atomic mass is 16.2. The van der Waals surface area contributed by atoms with Crippen molar-refractivity contribution < 1.29 is 14.5 Å². The summed E-state index contributed by atoms with van der Waals surface area (Å²) in [5.74, 6) is -0.102. The number of anilines is 1. The molecule has 6 nitrogen and oxygen atoms in total. The molecule has 2 amide bonds. The van der Waals surface area contributed by atoms with Gasteiger partial charge in [-0.25, -0.2) is 5.01 Å². The third-order valence-corrected chi connectivity index (χ3v) is 5.90. The van der Waals surface area contributed by atoms with E-state index in [-0.39, 0.29) is 18.2 Å². The van der Waals surface area contributed by atoms with E-state index < -0.39 is 0 Å². The van der Waals surface area contributed by atoms with Gasteiger partial charge in [0.15, 0.2) is 0 Å². The molecule has 0 aromatic heterocycles. The number of carbonyl (C=O) groups excluding carboxylic acids is 2. The molecule has 0 atom stereocenters. The van der Waals surface area contributed by atoms with Crippen molar-refractivity contribution in [2.75, 3.05) is 31.2 Å². The summed E-state index contributed by atoms with van der Waals surface area (Å²) >= 11 is 0. The summed E-state index contributed by atoms with van der Waals surface area (Å²) in [4.78, 5) is 28.7. The molecule has 0 saturated carbocycles. The fourth-order valence-electron chi connectivity index (χ4n) is 4.12. The van der Waals surface area contributed by atoms with Gasteiger partial charge < -0.3 is 9.80 Å². The summed E-state index contributed by atoms with van der Waals surface area (Å²) in [6.45, 7) is 8.57. The summed E-state index contributed by atoms with van der Waals surface area (Å²) in [5, 5.41) is 1.47. The van der Waals surface area contributed by atoms with Crippen LogP contribution in [-0.2, 0) is 16.1 Å². The minimum atomic E-state index is -0.0690. The third kappa shape index (κ3) is 4.39. The fourth-order valence-corrected chi connectivity index (χ4v) is 4.12. The van der Waals surface area contributed by atoms with Crippen molar-refractivity contribution in [3.8, 4) is 0 Å². The minimum absolute atomic E-state index is 0.0333. The number of aryl methyl sites for hydroxylation is 2. The molecule has 2 aliphatic heterocycles. The Morgan fingerprint density at radius 3 is 2.50 bits per heavy atom. The summed E-state index contributed by atoms with van der Waals surface area (Å²) in [6, 6.07) is 16.0. The number of rotatable bonds is 4. The first-order valence-electron chi connectivity index (χ1n) is 10.5. The Hall–Kier alpha value is -3.12. The van der Waals surface area contributed by atoms with E-state index in [1.54, 1.807) is 6.08 Å². The number of quaternary nitrogens is 1. The van der Waals surface area contributed by atoms with E-state index in [0.29, 0.717) is 5.70 Å². The molecule has 156 valence electrons. The van der Waals surface area contributed by atoms with Gasteiger partial charge in [0, 0.05) is 12.0 Å². The highest BCUT2D eigenvalue weighted by Crippen LogP contribution is 2.18. The molecule has 6 heteroatoms. The molecule has 2 aliphatic rings. The summed E-state index contributed by atoms with van der Waals surface area (Å²) < 4.78 is 0. The van der Waals surface area contributed by atoms with Crippen LogP contribution in [0.3, 0.4) is 0 Å². The van der Waals surface area contributed by atoms with Gasteiger partial charge in [-0.2, -0.15) is 0 Å². The number of piperazine rings is 1. The summed E-state index contributed by atoms with van der Waals surface area (Å²) in [7, 11) is 0. The lowest BCUT2D eigenvalue weighted by atomic mass is 10.1. The number of hydrazine groups is 1. The van der Waals surface area contributed by atoms with Gasteiger partial charge in [-0.15, -0.1) is 0 Å². The Morgan fingerprint density at radius 1 is 1.07 bits per heavy atom. The van der Waals surface area contributed by atoms with Crippen LogP contribution in [0.4, 0.5) is 5.69 Å². The number of nitrogens with one attached hydrogen (secondary N) is 2. The lowest BCUT2D eigenvalue weighted by Gasteiger charge is -2.35. The van der Waals surface area contributed by atoms with Crippen LogP contribution >= 0.6 is 0 Å². The number of para-hydroxylation sites is 1. The maximum Gasteiger partial charge on any atom is 0.271 e. The minimum Gasteiger partial charge on any atom is -0.328 e. The van der Waals surface area contributed by atoms with Crippen molar-refractivity contribution in [3.63, 3.8) is 0 Å². The van der Waals surface area contributed by atoms with Gasteiger partial charge in [-0.05, 0) is 37.6 Å². The molecular weight excluding hydrogens is 376 g/mol. The maximum atomic E-state index is 13.0. The first kappa shape index (κ1) is 20.2. The number of amides is 2. The van der Waals surface area contributed by atoms with E-state index >= 15 is 0 Å².